The van der Waals surface area contributed by atoms with E-state index in [0.717, 1.165) is 5.56 Å². The fraction of sp³-hybridized carbons (Fsp3) is 0.0714. The summed E-state index contributed by atoms with van der Waals surface area (Å²) < 4.78 is 6.14. The molecule has 7 heteroatoms. The summed E-state index contributed by atoms with van der Waals surface area (Å²) in [6, 6.07) is 8.58. The maximum Gasteiger partial charge on any atom is 0.335 e. The predicted molar refractivity (Wildman–Crippen MR) is 79.0 cm³/mol. The molecule has 2 aromatic carbocycles. The number of aromatic carboxylic acids is 1. The molecule has 0 aliphatic rings. The number of hydrogen-bond acceptors (Lipinski definition) is 4. The molecule has 0 spiro atoms. The predicted octanol–water partition coefficient (Wildman–Crippen LogP) is 4.16. The van der Waals surface area contributed by atoms with E-state index in [9.17, 15) is 14.9 Å². The average molecular weight is 352 g/mol. The molecule has 21 heavy (non-hydrogen) atoms. The normalized spacial score (nSPS) is 10.2. The fourth-order valence-corrected chi connectivity index (χ4v) is 1.97. The highest BCUT2D eigenvalue weighted by molar-refractivity contribution is 9.10. The average Bonchev–Trinajstić information content (AvgIpc) is 2.43. The third-order valence-electron chi connectivity index (χ3n) is 2.78. The van der Waals surface area contributed by atoms with E-state index in [-0.39, 0.29) is 17.0 Å². The lowest BCUT2D eigenvalue weighted by molar-refractivity contribution is -0.384. The Balaban J connectivity index is 2.42. The van der Waals surface area contributed by atoms with Crippen molar-refractivity contribution in [2.45, 2.75) is 6.92 Å². The summed E-state index contributed by atoms with van der Waals surface area (Å²) in [7, 11) is 0. The third-order valence-corrected chi connectivity index (χ3v) is 3.44. The van der Waals surface area contributed by atoms with Crippen molar-refractivity contribution in [2.24, 2.45) is 0 Å². The van der Waals surface area contributed by atoms with Crippen molar-refractivity contribution in [3.05, 3.63) is 62.1 Å². The minimum absolute atomic E-state index is 0.0807. The first-order valence-electron chi connectivity index (χ1n) is 5.84. The van der Waals surface area contributed by atoms with Crippen LogP contribution in [0.25, 0.3) is 0 Å². The van der Waals surface area contributed by atoms with E-state index >= 15 is 0 Å². The highest BCUT2D eigenvalue weighted by Gasteiger charge is 2.13. The van der Waals surface area contributed by atoms with Crippen molar-refractivity contribution in [2.75, 3.05) is 0 Å². The van der Waals surface area contributed by atoms with E-state index in [1.54, 1.807) is 13.0 Å². The summed E-state index contributed by atoms with van der Waals surface area (Å²) in [6.45, 7) is 1.76. The van der Waals surface area contributed by atoms with Crippen LogP contribution in [0.5, 0.6) is 11.5 Å². The summed E-state index contributed by atoms with van der Waals surface area (Å²) in [5, 5.41) is 19.8. The molecule has 0 amide bonds. The lowest BCUT2D eigenvalue weighted by atomic mass is 10.1. The van der Waals surface area contributed by atoms with Gasteiger partial charge in [0, 0.05) is 6.07 Å². The lowest BCUT2D eigenvalue weighted by Gasteiger charge is -2.11. The van der Waals surface area contributed by atoms with Gasteiger partial charge in [-0.3, -0.25) is 10.1 Å². The number of rotatable bonds is 4. The molecule has 0 saturated heterocycles. The van der Waals surface area contributed by atoms with Crippen LogP contribution in [0.15, 0.2) is 40.9 Å². The molecular formula is C14H10BrNO5. The molecule has 0 aromatic heterocycles. The Morgan fingerprint density at radius 1 is 1.24 bits per heavy atom. The number of benzene rings is 2. The maximum absolute atomic E-state index is 11.0. The molecule has 6 nitrogen and oxygen atoms in total. The van der Waals surface area contributed by atoms with Crippen LogP contribution in [-0.2, 0) is 0 Å². The quantitative estimate of drug-likeness (QED) is 0.659. The number of carbonyl (C=O) groups is 1. The number of halogens is 1. The largest absolute Gasteiger partial charge is 0.478 e. The molecule has 0 aliphatic carbocycles. The molecule has 0 bridgehead atoms. The van der Waals surface area contributed by atoms with Gasteiger partial charge in [-0.1, -0.05) is 6.07 Å². The molecule has 0 saturated carbocycles. The van der Waals surface area contributed by atoms with Gasteiger partial charge >= 0.3 is 5.97 Å². The topological polar surface area (TPSA) is 89.7 Å². The van der Waals surface area contributed by atoms with E-state index in [4.69, 9.17) is 9.84 Å². The standard InChI is InChI=1S/C14H10BrNO5/c1-8-2-3-9(14(17)18)6-12(8)21-13-7-10(16(19)20)4-5-11(13)15/h2-7H,1H3,(H,17,18). The molecule has 0 heterocycles. The van der Waals surface area contributed by atoms with Gasteiger partial charge in [0.25, 0.3) is 5.69 Å². The Morgan fingerprint density at radius 3 is 2.57 bits per heavy atom. The van der Waals surface area contributed by atoms with E-state index in [1.807, 2.05) is 0 Å². The van der Waals surface area contributed by atoms with Crippen LogP contribution in [0.2, 0.25) is 0 Å². The molecule has 0 fully saturated rings. The Hall–Kier alpha value is -2.41. The Bertz CT molecular complexity index is 668. The number of nitro groups is 1. The van der Waals surface area contributed by atoms with Gasteiger partial charge in [0.15, 0.2) is 0 Å². The van der Waals surface area contributed by atoms with E-state index in [2.05, 4.69) is 15.9 Å². The molecule has 0 unspecified atom stereocenters. The summed E-state index contributed by atoms with van der Waals surface area (Å²) in [5.41, 5.74) is 0.691. The fourth-order valence-electron chi connectivity index (χ4n) is 1.65. The number of ether oxygens (including phenoxy) is 1. The number of nitrogens with zero attached hydrogens (tertiary/aromatic N) is 1. The lowest BCUT2D eigenvalue weighted by Crippen LogP contribution is -1.98. The van der Waals surface area contributed by atoms with Crippen LogP contribution in [0.3, 0.4) is 0 Å². The summed E-state index contributed by atoms with van der Waals surface area (Å²) in [5.74, 6) is -0.496. The number of carboxylic acids is 1. The second kappa shape index (κ2) is 5.92. The van der Waals surface area contributed by atoms with Gasteiger partial charge in [-0.05, 0) is 46.6 Å². The zero-order valence-corrected chi connectivity index (χ0v) is 12.5. The molecule has 108 valence electrons. The first-order valence-corrected chi connectivity index (χ1v) is 6.63. The van der Waals surface area contributed by atoms with Crippen LogP contribution in [0, 0.1) is 17.0 Å². The van der Waals surface area contributed by atoms with Gasteiger partial charge in [-0.15, -0.1) is 0 Å². The summed E-state index contributed by atoms with van der Waals surface area (Å²) in [6.07, 6.45) is 0. The van der Waals surface area contributed by atoms with Crippen molar-refractivity contribution >= 4 is 27.6 Å². The van der Waals surface area contributed by atoms with Crippen LogP contribution in [0.1, 0.15) is 15.9 Å². The molecule has 1 N–H and O–H groups in total. The highest BCUT2D eigenvalue weighted by Crippen LogP contribution is 2.34. The SMILES string of the molecule is Cc1ccc(C(=O)O)cc1Oc1cc([N+](=O)[O-])ccc1Br. The third kappa shape index (κ3) is 3.38. The maximum atomic E-state index is 11.0. The van der Waals surface area contributed by atoms with Crippen LogP contribution < -0.4 is 4.74 Å². The second-order valence-corrected chi connectivity index (χ2v) is 5.11. The summed E-state index contributed by atoms with van der Waals surface area (Å²) in [4.78, 5) is 21.2. The first-order chi connectivity index (χ1) is 9.88. The van der Waals surface area contributed by atoms with Gasteiger partial charge < -0.3 is 9.84 Å². The van der Waals surface area contributed by atoms with Crippen LogP contribution >= 0.6 is 15.9 Å². The molecule has 2 rings (SSSR count). The van der Waals surface area contributed by atoms with Crippen molar-refractivity contribution in [3.63, 3.8) is 0 Å². The van der Waals surface area contributed by atoms with Crippen molar-refractivity contribution in [3.8, 4) is 11.5 Å². The van der Waals surface area contributed by atoms with Gasteiger partial charge in [-0.25, -0.2) is 4.79 Å². The molecule has 0 radical (unpaired) electrons. The smallest absolute Gasteiger partial charge is 0.335 e. The first kappa shape index (κ1) is 15.0. The Kier molecular flexibility index (Phi) is 4.23. The number of aryl methyl sites for hydroxylation is 1. The van der Waals surface area contributed by atoms with Crippen molar-refractivity contribution in [1.82, 2.24) is 0 Å². The van der Waals surface area contributed by atoms with E-state index in [1.165, 1.54) is 30.3 Å². The van der Waals surface area contributed by atoms with Gasteiger partial charge in [0.2, 0.25) is 0 Å². The number of nitro benzene ring substituents is 1. The molecule has 2 aromatic rings. The van der Waals surface area contributed by atoms with Gasteiger partial charge in [0.1, 0.15) is 11.5 Å². The van der Waals surface area contributed by atoms with Gasteiger partial charge in [0.05, 0.1) is 21.0 Å². The van der Waals surface area contributed by atoms with Crippen LogP contribution in [-0.4, -0.2) is 16.0 Å². The molecular weight excluding hydrogens is 342 g/mol. The monoisotopic (exact) mass is 351 g/mol. The van der Waals surface area contributed by atoms with Crippen LogP contribution in [0.4, 0.5) is 5.69 Å². The highest BCUT2D eigenvalue weighted by atomic mass is 79.9. The zero-order valence-electron chi connectivity index (χ0n) is 10.9. The number of non-ortho nitro benzene ring substituents is 1. The number of carboxylic acid groups (broad SMARTS) is 1. The van der Waals surface area contributed by atoms with E-state index in [0.29, 0.717) is 10.2 Å². The Morgan fingerprint density at radius 2 is 1.95 bits per heavy atom. The minimum atomic E-state index is -1.07. The minimum Gasteiger partial charge on any atom is -0.478 e. The zero-order chi connectivity index (χ0) is 15.6. The molecule has 0 atom stereocenters. The van der Waals surface area contributed by atoms with E-state index < -0.39 is 10.9 Å². The van der Waals surface area contributed by atoms with Gasteiger partial charge in [-0.2, -0.15) is 0 Å². The van der Waals surface area contributed by atoms with Crippen molar-refractivity contribution in [1.29, 1.82) is 0 Å². The second-order valence-electron chi connectivity index (χ2n) is 4.26. The number of hydrogen-bond donors (Lipinski definition) is 1. The Labute approximate surface area is 128 Å². The van der Waals surface area contributed by atoms with Crippen molar-refractivity contribution < 1.29 is 19.6 Å². The summed E-state index contributed by atoms with van der Waals surface area (Å²) >= 11 is 3.25. The molecule has 0 aliphatic heterocycles.